The number of aryl methyl sites for hydroxylation is 2. The molecule has 1 amide bonds. The number of hydrogen-bond donors (Lipinski definition) is 1. The fraction of sp³-hybridized carbons (Fsp3) is 0.238. The average molecular weight is 401 g/mol. The number of carbonyl (C=O) groups excluding carboxylic acids is 1. The van der Waals surface area contributed by atoms with E-state index in [0.717, 1.165) is 23.2 Å². The van der Waals surface area contributed by atoms with E-state index in [4.69, 9.17) is 16.3 Å². The first-order chi connectivity index (χ1) is 13.0. The van der Waals surface area contributed by atoms with Crippen molar-refractivity contribution in [1.29, 1.82) is 0 Å². The Morgan fingerprint density at radius 2 is 2.00 bits per heavy atom. The zero-order chi connectivity index (χ0) is 19.4. The minimum absolute atomic E-state index is 0.244. The number of anilines is 1. The van der Waals surface area contributed by atoms with Crippen molar-refractivity contribution in [2.24, 2.45) is 0 Å². The molecule has 1 unspecified atom stereocenters. The molecule has 3 aromatic rings. The number of ether oxygens (including phenoxy) is 1. The maximum atomic E-state index is 12.4. The molecule has 1 atom stereocenters. The van der Waals surface area contributed by atoms with Gasteiger partial charge in [-0.15, -0.1) is 11.3 Å². The van der Waals surface area contributed by atoms with E-state index in [9.17, 15) is 4.79 Å². The first-order valence-corrected chi connectivity index (χ1v) is 10.0. The Balaban J connectivity index is 1.64. The molecule has 0 aliphatic carbocycles. The number of carbonyl (C=O) groups is 1. The minimum atomic E-state index is -0.652. The van der Waals surface area contributed by atoms with E-state index in [1.54, 1.807) is 25.1 Å². The molecule has 3 rings (SSSR count). The number of benzene rings is 2. The van der Waals surface area contributed by atoms with Crippen LogP contribution in [0.1, 0.15) is 25.0 Å². The molecule has 2 aromatic carbocycles. The summed E-state index contributed by atoms with van der Waals surface area (Å²) in [5, 5.41) is 5.95. The summed E-state index contributed by atoms with van der Waals surface area (Å²) < 4.78 is 5.76. The summed E-state index contributed by atoms with van der Waals surface area (Å²) >= 11 is 7.35. The predicted molar refractivity (Wildman–Crippen MR) is 112 cm³/mol. The molecule has 0 fully saturated rings. The lowest BCUT2D eigenvalue weighted by Crippen LogP contribution is -2.30. The highest BCUT2D eigenvalue weighted by atomic mass is 35.5. The SMILES string of the molecule is CCc1ccc(-c2csc(NC(=O)C(C)Oc3ccc(Cl)cc3C)n2)cc1. The maximum Gasteiger partial charge on any atom is 0.266 e. The summed E-state index contributed by atoms with van der Waals surface area (Å²) in [4.78, 5) is 16.9. The van der Waals surface area contributed by atoms with Gasteiger partial charge < -0.3 is 4.74 Å². The lowest BCUT2D eigenvalue weighted by Gasteiger charge is -2.15. The van der Waals surface area contributed by atoms with Gasteiger partial charge in [-0.25, -0.2) is 4.98 Å². The summed E-state index contributed by atoms with van der Waals surface area (Å²) in [6.45, 7) is 5.73. The highest BCUT2D eigenvalue weighted by Crippen LogP contribution is 2.26. The van der Waals surface area contributed by atoms with Crippen molar-refractivity contribution in [3.8, 4) is 17.0 Å². The second-order valence-electron chi connectivity index (χ2n) is 6.25. The molecule has 0 saturated carbocycles. The van der Waals surface area contributed by atoms with Crippen molar-refractivity contribution in [3.63, 3.8) is 0 Å². The first kappa shape index (κ1) is 19.4. The molecule has 0 aliphatic rings. The maximum absolute atomic E-state index is 12.4. The normalized spacial score (nSPS) is 11.9. The van der Waals surface area contributed by atoms with Crippen LogP contribution in [-0.2, 0) is 11.2 Å². The number of thiazole rings is 1. The third-order valence-electron chi connectivity index (χ3n) is 4.20. The second kappa shape index (κ2) is 8.55. The van der Waals surface area contributed by atoms with Crippen LogP contribution < -0.4 is 10.1 Å². The highest BCUT2D eigenvalue weighted by Gasteiger charge is 2.17. The number of nitrogens with zero attached hydrogens (tertiary/aromatic N) is 1. The van der Waals surface area contributed by atoms with Gasteiger partial charge in [0.05, 0.1) is 5.69 Å². The van der Waals surface area contributed by atoms with Gasteiger partial charge in [0.1, 0.15) is 5.75 Å². The van der Waals surface area contributed by atoms with Crippen molar-refractivity contribution in [1.82, 2.24) is 4.98 Å². The van der Waals surface area contributed by atoms with Crippen LogP contribution in [-0.4, -0.2) is 17.0 Å². The number of amides is 1. The Kier molecular flexibility index (Phi) is 6.14. The van der Waals surface area contributed by atoms with Crippen LogP contribution in [0.15, 0.2) is 47.8 Å². The molecule has 1 N–H and O–H groups in total. The monoisotopic (exact) mass is 400 g/mol. The molecular formula is C21H21ClN2O2S. The van der Waals surface area contributed by atoms with E-state index < -0.39 is 6.10 Å². The van der Waals surface area contributed by atoms with Crippen molar-refractivity contribution in [3.05, 3.63) is 64.0 Å². The summed E-state index contributed by atoms with van der Waals surface area (Å²) in [6.07, 6.45) is 0.352. The van der Waals surface area contributed by atoms with E-state index in [1.165, 1.54) is 16.9 Å². The molecular weight excluding hydrogens is 380 g/mol. The zero-order valence-corrected chi connectivity index (χ0v) is 17.0. The Bertz CT molecular complexity index is 938. The van der Waals surface area contributed by atoms with Crippen molar-refractivity contribution < 1.29 is 9.53 Å². The standard InChI is InChI=1S/C21H21ClN2O2S/c1-4-15-5-7-16(8-6-15)18-12-27-21(23-18)24-20(25)14(3)26-19-10-9-17(22)11-13(19)2/h5-12,14H,4H2,1-3H3,(H,23,24,25). The number of rotatable bonds is 6. The van der Waals surface area contributed by atoms with E-state index in [2.05, 4.69) is 41.5 Å². The average Bonchev–Trinajstić information content (AvgIpc) is 3.12. The number of hydrogen-bond acceptors (Lipinski definition) is 4. The molecule has 0 saturated heterocycles. The Labute approximate surface area is 168 Å². The van der Waals surface area contributed by atoms with Crippen LogP contribution in [0, 0.1) is 6.92 Å². The van der Waals surface area contributed by atoms with Gasteiger partial charge in [-0.3, -0.25) is 10.1 Å². The molecule has 1 aromatic heterocycles. The van der Waals surface area contributed by atoms with Gasteiger partial charge in [0.15, 0.2) is 11.2 Å². The van der Waals surface area contributed by atoms with Gasteiger partial charge in [-0.2, -0.15) is 0 Å². The zero-order valence-electron chi connectivity index (χ0n) is 15.5. The van der Waals surface area contributed by atoms with Gasteiger partial charge in [0.2, 0.25) is 0 Å². The fourth-order valence-electron chi connectivity index (χ4n) is 2.57. The largest absolute Gasteiger partial charge is 0.481 e. The van der Waals surface area contributed by atoms with Crippen LogP contribution in [0.25, 0.3) is 11.3 Å². The van der Waals surface area contributed by atoms with E-state index >= 15 is 0 Å². The van der Waals surface area contributed by atoms with Crippen molar-refractivity contribution >= 4 is 34.0 Å². The second-order valence-corrected chi connectivity index (χ2v) is 7.54. The lowest BCUT2D eigenvalue weighted by atomic mass is 10.1. The molecule has 27 heavy (non-hydrogen) atoms. The van der Waals surface area contributed by atoms with Crippen LogP contribution >= 0.6 is 22.9 Å². The van der Waals surface area contributed by atoms with Crippen LogP contribution in [0.5, 0.6) is 5.75 Å². The summed E-state index contributed by atoms with van der Waals surface area (Å²) in [5.41, 5.74) is 4.05. The summed E-state index contributed by atoms with van der Waals surface area (Å²) in [7, 11) is 0. The molecule has 1 heterocycles. The molecule has 0 spiro atoms. The van der Waals surface area contributed by atoms with E-state index in [-0.39, 0.29) is 5.91 Å². The molecule has 4 nitrogen and oxygen atoms in total. The first-order valence-electron chi connectivity index (χ1n) is 8.74. The van der Waals surface area contributed by atoms with Crippen LogP contribution in [0.4, 0.5) is 5.13 Å². The third kappa shape index (κ3) is 4.87. The quantitative estimate of drug-likeness (QED) is 0.573. The number of halogens is 1. The Morgan fingerprint density at radius 1 is 1.26 bits per heavy atom. The minimum Gasteiger partial charge on any atom is -0.481 e. The summed E-state index contributed by atoms with van der Waals surface area (Å²) in [6, 6.07) is 13.6. The fourth-order valence-corrected chi connectivity index (χ4v) is 3.52. The predicted octanol–water partition coefficient (Wildman–Crippen LogP) is 5.74. The topological polar surface area (TPSA) is 51.2 Å². The van der Waals surface area contributed by atoms with Gasteiger partial charge in [0, 0.05) is 16.0 Å². The smallest absolute Gasteiger partial charge is 0.266 e. The Morgan fingerprint density at radius 3 is 2.67 bits per heavy atom. The van der Waals surface area contributed by atoms with Crippen LogP contribution in [0.2, 0.25) is 5.02 Å². The molecule has 0 radical (unpaired) electrons. The van der Waals surface area contributed by atoms with Gasteiger partial charge >= 0.3 is 0 Å². The number of aromatic nitrogens is 1. The van der Waals surface area contributed by atoms with Crippen LogP contribution in [0.3, 0.4) is 0 Å². The summed E-state index contributed by atoms with van der Waals surface area (Å²) in [5.74, 6) is 0.393. The molecule has 0 aliphatic heterocycles. The van der Waals surface area contributed by atoms with Gasteiger partial charge in [-0.1, -0.05) is 42.8 Å². The third-order valence-corrected chi connectivity index (χ3v) is 5.20. The van der Waals surface area contributed by atoms with Gasteiger partial charge in [-0.05, 0) is 49.6 Å². The van der Waals surface area contributed by atoms with Crippen molar-refractivity contribution in [2.75, 3.05) is 5.32 Å². The van der Waals surface area contributed by atoms with E-state index in [1.807, 2.05) is 12.3 Å². The van der Waals surface area contributed by atoms with Gasteiger partial charge in [0.25, 0.3) is 5.91 Å². The molecule has 140 valence electrons. The number of nitrogens with one attached hydrogen (secondary N) is 1. The van der Waals surface area contributed by atoms with E-state index in [0.29, 0.717) is 15.9 Å². The lowest BCUT2D eigenvalue weighted by molar-refractivity contribution is -0.122. The molecule has 0 bridgehead atoms. The molecule has 6 heteroatoms. The van der Waals surface area contributed by atoms with Crippen molar-refractivity contribution in [2.45, 2.75) is 33.3 Å². The highest BCUT2D eigenvalue weighted by molar-refractivity contribution is 7.14. The Hall–Kier alpha value is -2.37.